The maximum absolute atomic E-state index is 14.3. The molecule has 0 bridgehead atoms. The number of carbonyl (C=O) groups excluding carboxylic acids is 7. The average Bonchev–Trinajstić information content (AvgIpc) is 3.77. The van der Waals surface area contributed by atoms with Gasteiger partial charge in [-0.1, -0.05) is 43.5 Å². The van der Waals surface area contributed by atoms with Crippen molar-refractivity contribution in [2.75, 3.05) is 60.6 Å². The number of ether oxygens (including phenoxy) is 7. The minimum Gasteiger partial charge on any atom is -0.493 e. The van der Waals surface area contributed by atoms with Gasteiger partial charge in [0, 0.05) is 49.3 Å². The molecule has 3 aliphatic rings. The Morgan fingerprint density at radius 3 is 2.20 bits per heavy atom. The highest BCUT2D eigenvalue weighted by atomic mass is 16.5. The van der Waals surface area contributed by atoms with Gasteiger partial charge in [0.05, 0.1) is 42.0 Å². The molecule has 0 aliphatic carbocycles. The van der Waals surface area contributed by atoms with Gasteiger partial charge in [-0.15, -0.1) is 0 Å². The summed E-state index contributed by atoms with van der Waals surface area (Å²) in [5.41, 5.74) is 3.86. The molecule has 6 amide bonds. The fourth-order valence-corrected chi connectivity index (χ4v) is 9.92. The number of esters is 1. The standard InChI is InChI=1S/C57H69N5O14/c1-70-46-25-22-36(29-47(46)71-2)21-24-45(76-57(69)44-19-10-12-28-61(44)53(66)32-37-30-48(72-3)54(74-5)49(31-37)73-4)38-15-13-16-39(33-38)75-35-52(65)58-27-11-8-6-7-9-20-50(63)59-42-18-14-17-40-41(42)34-62(56(40)68)43-23-26-51(64)60-55(43)67/h13-18,22,25,29-31,33,43-45H,6-12,19-21,23-24,26-28,32,34-35H2,1-5H3,(H,58,65)(H,59,63)(H,60,64,67). The van der Waals surface area contributed by atoms with E-state index < -0.39 is 30.1 Å². The van der Waals surface area contributed by atoms with E-state index in [-0.39, 0.29) is 62.0 Å². The van der Waals surface area contributed by atoms with Crippen LogP contribution in [0.3, 0.4) is 0 Å². The van der Waals surface area contributed by atoms with Gasteiger partial charge in [0.1, 0.15) is 23.9 Å². The quantitative estimate of drug-likeness (QED) is 0.0334. The van der Waals surface area contributed by atoms with Crippen molar-refractivity contribution in [3.8, 4) is 34.5 Å². The van der Waals surface area contributed by atoms with Gasteiger partial charge in [-0.05, 0) is 117 Å². The van der Waals surface area contributed by atoms with Gasteiger partial charge >= 0.3 is 5.97 Å². The van der Waals surface area contributed by atoms with Crippen LogP contribution in [0.4, 0.5) is 5.69 Å². The lowest BCUT2D eigenvalue weighted by Gasteiger charge is -2.35. The lowest BCUT2D eigenvalue weighted by Crippen LogP contribution is -2.52. The summed E-state index contributed by atoms with van der Waals surface area (Å²) in [4.78, 5) is 94.4. The Balaban J connectivity index is 0.879. The summed E-state index contributed by atoms with van der Waals surface area (Å²) in [6, 6.07) is 19.8. The van der Waals surface area contributed by atoms with Gasteiger partial charge in [0.15, 0.2) is 29.6 Å². The van der Waals surface area contributed by atoms with Crippen LogP contribution in [0.15, 0.2) is 72.8 Å². The number of methoxy groups -OCH3 is 5. The normalized spacial score (nSPS) is 16.5. The van der Waals surface area contributed by atoms with Crippen LogP contribution < -0.4 is 44.4 Å². The monoisotopic (exact) mass is 1050 g/mol. The van der Waals surface area contributed by atoms with E-state index >= 15 is 0 Å². The number of anilines is 1. The molecule has 3 N–H and O–H groups in total. The maximum Gasteiger partial charge on any atom is 0.329 e. The van der Waals surface area contributed by atoms with Crippen molar-refractivity contribution in [3.63, 3.8) is 0 Å². The predicted octanol–water partition coefficient (Wildman–Crippen LogP) is 6.81. The summed E-state index contributed by atoms with van der Waals surface area (Å²) < 4.78 is 39.8. The van der Waals surface area contributed by atoms with E-state index in [0.717, 1.165) is 44.1 Å². The first-order chi connectivity index (χ1) is 36.8. The smallest absolute Gasteiger partial charge is 0.329 e. The van der Waals surface area contributed by atoms with Crippen molar-refractivity contribution < 1.29 is 66.7 Å². The molecule has 3 unspecified atom stereocenters. The van der Waals surface area contributed by atoms with Gasteiger partial charge in [-0.25, -0.2) is 4.79 Å². The topological polar surface area (TPSA) is 227 Å². The largest absolute Gasteiger partial charge is 0.493 e. The summed E-state index contributed by atoms with van der Waals surface area (Å²) in [6.45, 7) is 0.790. The molecule has 406 valence electrons. The highest BCUT2D eigenvalue weighted by molar-refractivity contribution is 6.06. The molecule has 19 heteroatoms. The van der Waals surface area contributed by atoms with Crippen molar-refractivity contribution in [2.24, 2.45) is 0 Å². The number of nitrogens with zero attached hydrogens (tertiary/aromatic N) is 2. The zero-order valence-electron chi connectivity index (χ0n) is 44.0. The molecular weight excluding hydrogens is 979 g/mol. The molecule has 4 aromatic rings. The zero-order chi connectivity index (χ0) is 54.1. The number of amides is 6. The Morgan fingerprint density at radius 2 is 1.46 bits per heavy atom. The molecule has 4 aromatic carbocycles. The van der Waals surface area contributed by atoms with Crippen LogP contribution in [0.5, 0.6) is 34.5 Å². The van der Waals surface area contributed by atoms with Crippen molar-refractivity contribution in [1.82, 2.24) is 20.4 Å². The number of likely N-dealkylation sites (tertiary alicyclic amines) is 1. The van der Waals surface area contributed by atoms with Crippen LogP contribution in [0, 0.1) is 0 Å². The van der Waals surface area contributed by atoms with E-state index in [2.05, 4.69) is 16.0 Å². The number of benzene rings is 4. The summed E-state index contributed by atoms with van der Waals surface area (Å²) >= 11 is 0. The third kappa shape index (κ3) is 14.3. The van der Waals surface area contributed by atoms with Crippen molar-refractivity contribution in [2.45, 2.75) is 115 Å². The highest BCUT2D eigenvalue weighted by Crippen LogP contribution is 2.39. The van der Waals surface area contributed by atoms with E-state index in [0.29, 0.717) is 108 Å². The Bertz CT molecular complexity index is 2720. The second kappa shape index (κ2) is 27.1. The lowest BCUT2D eigenvalue weighted by atomic mass is 9.99. The Kier molecular flexibility index (Phi) is 19.9. The molecule has 0 radical (unpaired) electrons. The number of hydrogen-bond donors (Lipinski definition) is 3. The first kappa shape index (κ1) is 55.9. The molecule has 2 fully saturated rings. The van der Waals surface area contributed by atoms with E-state index in [4.69, 9.17) is 33.2 Å². The number of nitrogens with one attached hydrogen (secondary N) is 3. The fourth-order valence-electron chi connectivity index (χ4n) is 9.92. The molecule has 3 heterocycles. The number of imide groups is 1. The Morgan fingerprint density at radius 1 is 0.737 bits per heavy atom. The summed E-state index contributed by atoms with van der Waals surface area (Å²) in [7, 11) is 7.67. The molecule has 19 nitrogen and oxygen atoms in total. The Labute approximate surface area is 443 Å². The van der Waals surface area contributed by atoms with Crippen molar-refractivity contribution >= 4 is 47.1 Å². The fraction of sp³-hybridized carbons (Fsp3) is 0.456. The number of carbonyl (C=O) groups is 7. The molecular formula is C57H69N5O14. The number of unbranched alkanes of at least 4 members (excludes halogenated alkanes) is 4. The number of aryl methyl sites for hydroxylation is 1. The second-order valence-electron chi connectivity index (χ2n) is 19.0. The summed E-state index contributed by atoms with van der Waals surface area (Å²) in [5, 5.41) is 8.15. The number of hydrogen-bond acceptors (Lipinski definition) is 14. The highest BCUT2D eigenvalue weighted by Gasteiger charge is 2.40. The van der Waals surface area contributed by atoms with E-state index in [9.17, 15) is 33.6 Å². The molecule has 3 atom stereocenters. The van der Waals surface area contributed by atoms with E-state index in [1.54, 1.807) is 67.7 Å². The van der Waals surface area contributed by atoms with Crippen LogP contribution in [-0.4, -0.2) is 119 Å². The third-order valence-corrected chi connectivity index (χ3v) is 13.9. The first-order valence-electron chi connectivity index (χ1n) is 25.9. The van der Waals surface area contributed by atoms with E-state index in [1.807, 2.05) is 24.3 Å². The summed E-state index contributed by atoms with van der Waals surface area (Å²) in [5.74, 6) is 0.483. The second-order valence-corrected chi connectivity index (χ2v) is 19.0. The third-order valence-electron chi connectivity index (χ3n) is 13.9. The minimum absolute atomic E-state index is 0.00154. The lowest BCUT2D eigenvalue weighted by molar-refractivity contribution is -0.162. The molecule has 0 saturated carbocycles. The molecule has 2 saturated heterocycles. The van der Waals surface area contributed by atoms with Crippen LogP contribution in [-0.2, 0) is 52.9 Å². The van der Waals surface area contributed by atoms with E-state index in [1.165, 1.54) is 26.2 Å². The van der Waals surface area contributed by atoms with Gasteiger partial charge in [0.25, 0.3) is 11.8 Å². The van der Waals surface area contributed by atoms with Crippen LogP contribution in [0.25, 0.3) is 0 Å². The van der Waals surface area contributed by atoms with Gasteiger partial charge in [0.2, 0.25) is 29.4 Å². The molecule has 0 aromatic heterocycles. The summed E-state index contributed by atoms with van der Waals surface area (Å²) in [6.07, 6.45) is 6.73. The predicted molar refractivity (Wildman–Crippen MR) is 280 cm³/mol. The van der Waals surface area contributed by atoms with Gasteiger partial charge < -0.3 is 53.6 Å². The van der Waals surface area contributed by atoms with Crippen molar-refractivity contribution in [3.05, 3.63) is 101 Å². The average molecular weight is 1050 g/mol. The SMILES string of the molecule is COc1ccc(CCC(OC(=O)C2CCCCN2C(=O)Cc2cc(OC)c(OC)c(OC)c2)c2cccc(OCC(=O)NCCCCCCCC(=O)Nc3cccc4c3CN(C3CCC(=O)NC3=O)C4=O)c2)cc1OC. The van der Waals surface area contributed by atoms with Crippen molar-refractivity contribution in [1.29, 1.82) is 0 Å². The van der Waals surface area contributed by atoms with Crippen LogP contribution in [0.1, 0.15) is 116 Å². The molecule has 76 heavy (non-hydrogen) atoms. The van der Waals surface area contributed by atoms with Crippen LogP contribution >= 0.6 is 0 Å². The molecule has 3 aliphatic heterocycles. The number of fused-ring (bicyclic) bond motifs is 1. The zero-order valence-corrected chi connectivity index (χ0v) is 44.0. The maximum atomic E-state index is 14.3. The van der Waals surface area contributed by atoms with Crippen LogP contribution in [0.2, 0.25) is 0 Å². The molecule has 0 spiro atoms. The van der Waals surface area contributed by atoms with Gasteiger partial charge in [-0.2, -0.15) is 0 Å². The Hall–Kier alpha value is -7.83. The minimum atomic E-state index is -0.804. The van der Waals surface area contributed by atoms with Gasteiger partial charge in [-0.3, -0.25) is 34.1 Å². The number of rotatable bonds is 26. The first-order valence-corrected chi connectivity index (χ1v) is 25.9. The number of piperidine rings is 2. The molecule has 7 rings (SSSR count).